The second-order valence-corrected chi connectivity index (χ2v) is 10.9. The number of epoxide rings is 1. The first-order valence-electron chi connectivity index (χ1n) is 13.1. The van der Waals surface area contributed by atoms with Crippen LogP contribution in [0.5, 0.6) is 0 Å². The molecule has 1 saturated heterocycles. The lowest BCUT2D eigenvalue weighted by atomic mass is 9.89. The summed E-state index contributed by atoms with van der Waals surface area (Å²) in [6, 6.07) is 0. The van der Waals surface area contributed by atoms with E-state index < -0.39 is 42.1 Å². The topological polar surface area (TPSA) is 140 Å². The molecule has 0 radical (unpaired) electrons. The monoisotopic (exact) mass is 510 g/mol. The zero-order chi connectivity index (χ0) is 27.2. The van der Waals surface area contributed by atoms with Crippen molar-refractivity contribution in [3.05, 3.63) is 36.0 Å². The summed E-state index contributed by atoms with van der Waals surface area (Å²) in [5.41, 5.74) is -0.664. The Labute approximate surface area is 215 Å². The normalized spacial score (nSPS) is 38.9. The van der Waals surface area contributed by atoms with Gasteiger partial charge < -0.3 is 35.0 Å². The Kier molecular flexibility index (Phi) is 11.3. The van der Waals surface area contributed by atoms with Crippen LogP contribution >= 0.6 is 0 Å². The minimum Gasteiger partial charge on any atom is -0.457 e. The van der Waals surface area contributed by atoms with E-state index in [1.165, 1.54) is 13.0 Å². The van der Waals surface area contributed by atoms with Gasteiger partial charge in [0.2, 0.25) is 0 Å². The van der Waals surface area contributed by atoms with Crippen LogP contribution in [0.25, 0.3) is 0 Å². The predicted molar refractivity (Wildman–Crippen MR) is 137 cm³/mol. The van der Waals surface area contributed by atoms with Gasteiger partial charge in [0.05, 0.1) is 36.4 Å². The minimum atomic E-state index is -1.42. The third-order valence-corrected chi connectivity index (χ3v) is 7.56. The molecule has 0 aromatic carbocycles. The molecule has 11 atom stereocenters. The lowest BCUT2D eigenvalue weighted by Gasteiger charge is -2.30. The molecule has 2 rings (SSSR count). The van der Waals surface area contributed by atoms with Crippen molar-refractivity contribution in [3.63, 3.8) is 0 Å². The summed E-state index contributed by atoms with van der Waals surface area (Å²) in [6.45, 7) is 10.9. The van der Waals surface area contributed by atoms with Gasteiger partial charge in [0.15, 0.2) is 0 Å². The van der Waals surface area contributed by atoms with Gasteiger partial charge in [-0.15, -0.1) is 0 Å². The summed E-state index contributed by atoms with van der Waals surface area (Å²) in [5.74, 6) is -1.07. The highest BCUT2D eigenvalue weighted by molar-refractivity contribution is 5.70. The number of hydrogen-bond donors (Lipinski definition) is 5. The average Bonchev–Trinajstić information content (AvgIpc) is 3.63. The van der Waals surface area contributed by atoms with Crippen LogP contribution in [0.3, 0.4) is 0 Å². The van der Waals surface area contributed by atoms with Crippen LogP contribution in [0.15, 0.2) is 36.0 Å². The molecule has 2 aliphatic rings. The molecular weight excluding hydrogens is 464 g/mol. The fraction of sp³-hybridized carbons (Fsp3) is 0.750. The summed E-state index contributed by atoms with van der Waals surface area (Å²) in [4.78, 5) is 12.5. The first-order valence-corrected chi connectivity index (χ1v) is 13.1. The van der Waals surface area contributed by atoms with E-state index in [-0.39, 0.29) is 49.2 Å². The average molecular weight is 511 g/mol. The SMILES string of the molecule is CCC(O)C(C)C1OC1C(O)C(C)/C=C/C=C(\C)C1OC(=O)CC(O)CCC(C)(O)C(O)/C=C/C1C. The number of allylic oxidation sites excluding steroid dienone is 2. The third-order valence-electron chi connectivity index (χ3n) is 7.56. The van der Waals surface area contributed by atoms with Gasteiger partial charge in [-0.25, -0.2) is 0 Å². The maximum absolute atomic E-state index is 12.5. The lowest BCUT2D eigenvalue weighted by Crippen LogP contribution is -2.39. The largest absolute Gasteiger partial charge is 0.457 e. The first-order chi connectivity index (χ1) is 16.8. The van der Waals surface area contributed by atoms with E-state index in [0.29, 0.717) is 6.42 Å². The van der Waals surface area contributed by atoms with Crippen LogP contribution in [0.4, 0.5) is 0 Å². The molecule has 8 heteroatoms. The quantitative estimate of drug-likeness (QED) is 0.145. The summed E-state index contributed by atoms with van der Waals surface area (Å²) in [6.07, 6.45) is 5.10. The Morgan fingerprint density at radius 1 is 1.22 bits per heavy atom. The van der Waals surface area contributed by atoms with E-state index in [2.05, 4.69) is 0 Å². The smallest absolute Gasteiger partial charge is 0.309 e. The zero-order valence-electron chi connectivity index (χ0n) is 22.4. The maximum atomic E-state index is 12.5. The fourth-order valence-electron chi connectivity index (χ4n) is 4.61. The number of carbonyl (C=O) groups is 1. The van der Waals surface area contributed by atoms with Crippen LogP contribution in [0, 0.1) is 17.8 Å². The molecule has 5 N–H and O–H groups in total. The van der Waals surface area contributed by atoms with Gasteiger partial charge in [0, 0.05) is 17.8 Å². The number of esters is 1. The Morgan fingerprint density at radius 3 is 2.53 bits per heavy atom. The van der Waals surface area contributed by atoms with Crippen molar-refractivity contribution in [3.8, 4) is 0 Å². The Hall–Kier alpha value is -1.55. The molecule has 0 aliphatic carbocycles. The molecule has 0 bridgehead atoms. The summed E-state index contributed by atoms with van der Waals surface area (Å²) >= 11 is 0. The Bertz CT molecular complexity index is 803. The van der Waals surface area contributed by atoms with Crippen LogP contribution in [0.1, 0.15) is 67.2 Å². The number of hydrogen-bond acceptors (Lipinski definition) is 8. The van der Waals surface area contributed by atoms with Crippen LogP contribution in [0.2, 0.25) is 0 Å². The highest BCUT2D eigenvalue weighted by Crippen LogP contribution is 2.36. The van der Waals surface area contributed by atoms with Crippen LogP contribution < -0.4 is 0 Å². The molecule has 0 aromatic heterocycles. The Morgan fingerprint density at radius 2 is 1.89 bits per heavy atom. The fourth-order valence-corrected chi connectivity index (χ4v) is 4.61. The Balaban J connectivity index is 2.09. The summed E-state index contributed by atoms with van der Waals surface area (Å²) in [7, 11) is 0. The highest BCUT2D eigenvalue weighted by atomic mass is 16.6. The summed E-state index contributed by atoms with van der Waals surface area (Å²) in [5, 5.41) is 51.8. The van der Waals surface area contributed by atoms with Gasteiger partial charge in [-0.3, -0.25) is 4.79 Å². The van der Waals surface area contributed by atoms with Gasteiger partial charge in [0.1, 0.15) is 18.3 Å². The second kappa shape index (κ2) is 13.3. The molecule has 2 aliphatic heterocycles. The highest BCUT2D eigenvalue weighted by Gasteiger charge is 2.50. The number of carbonyl (C=O) groups excluding carboxylic acids is 1. The molecule has 0 amide bonds. The summed E-state index contributed by atoms with van der Waals surface area (Å²) < 4.78 is 11.3. The van der Waals surface area contributed by atoms with Crippen molar-refractivity contribution in [2.75, 3.05) is 0 Å². The van der Waals surface area contributed by atoms with E-state index in [9.17, 15) is 30.3 Å². The van der Waals surface area contributed by atoms with Crippen molar-refractivity contribution in [2.45, 2.75) is 116 Å². The number of aliphatic hydroxyl groups excluding tert-OH is 4. The van der Waals surface area contributed by atoms with Crippen molar-refractivity contribution in [1.29, 1.82) is 0 Å². The van der Waals surface area contributed by atoms with Crippen molar-refractivity contribution < 1.29 is 39.8 Å². The van der Waals surface area contributed by atoms with E-state index in [1.807, 2.05) is 46.8 Å². The van der Waals surface area contributed by atoms with Crippen molar-refractivity contribution in [1.82, 2.24) is 0 Å². The molecule has 206 valence electrons. The van der Waals surface area contributed by atoms with Gasteiger partial charge in [-0.05, 0) is 38.7 Å². The minimum absolute atomic E-state index is 0.0426. The van der Waals surface area contributed by atoms with E-state index >= 15 is 0 Å². The molecule has 8 nitrogen and oxygen atoms in total. The van der Waals surface area contributed by atoms with Crippen LogP contribution in [-0.2, 0) is 14.3 Å². The molecule has 11 unspecified atom stereocenters. The van der Waals surface area contributed by atoms with Crippen LogP contribution in [-0.4, -0.2) is 79.8 Å². The molecule has 0 spiro atoms. The van der Waals surface area contributed by atoms with Gasteiger partial charge in [-0.2, -0.15) is 0 Å². The first kappa shape index (κ1) is 30.7. The standard InChI is InChI=1S/C28H46O8/c1-7-21(30)19(5)26-27(36-26)24(33)16(2)9-8-10-17(3)25-18(4)11-12-22(31)28(6,34)14-13-20(29)15-23(32)35-25/h8-12,16,18-22,24-27,29-31,33-34H,7,13-15H2,1-6H3/b9-8+,12-11+,17-10+. The van der Waals surface area contributed by atoms with Crippen molar-refractivity contribution in [2.24, 2.45) is 17.8 Å². The van der Waals surface area contributed by atoms with Gasteiger partial charge in [0.25, 0.3) is 0 Å². The van der Waals surface area contributed by atoms with Gasteiger partial charge >= 0.3 is 5.97 Å². The van der Waals surface area contributed by atoms with E-state index in [1.54, 1.807) is 12.2 Å². The third kappa shape index (κ3) is 8.50. The van der Waals surface area contributed by atoms with E-state index in [0.717, 1.165) is 5.57 Å². The number of ether oxygens (including phenoxy) is 2. The van der Waals surface area contributed by atoms with E-state index in [4.69, 9.17) is 9.47 Å². The second-order valence-electron chi connectivity index (χ2n) is 10.9. The van der Waals surface area contributed by atoms with Crippen molar-refractivity contribution >= 4 is 5.97 Å². The number of cyclic esters (lactones) is 1. The predicted octanol–water partition coefficient (Wildman–Crippen LogP) is 2.42. The molecule has 0 saturated carbocycles. The molecule has 2 heterocycles. The zero-order valence-corrected chi connectivity index (χ0v) is 22.4. The number of aliphatic hydroxyl groups is 5. The van der Waals surface area contributed by atoms with Gasteiger partial charge in [-0.1, -0.05) is 58.1 Å². The number of rotatable bonds is 8. The molecule has 1 fully saturated rings. The molecular formula is C28H46O8. The lowest BCUT2D eigenvalue weighted by molar-refractivity contribution is -0.151. The maximum Gasteiger partial charge on any atom is 0.309 e. The molecule has 36 heavy (non-hydrogen) atoms. The molecule has 0 aromatic rings.